The fourth-order valence-electron chi connectivity index (χ4n) is 4.08. The van der Waals surface area contributed by atoms with Crippen LogP contribution in [-0.4, -0.2) is 48.7 Å². The number of rotatable bonds is 4. The topological polar surface area (TPSA) is 97.7 Å². The number of hydrogen-bond donors (Lipinski definition) is 1. The summed E-state index contributed by atoms with van der Waals surface area (Å²) in [5.74, 6) is -0.794. The van der Waals surface area contributed by atoms with E-state index in [-0.39, 0.29) is 44.1 Å². The number of amides is 1. The van der Waals surface area contributed by atoms with Gasteiger partial charge in [0.25, 0.3) is 11.5 Å². The number of pyridine rings is 1. The first-order valence-electron chi connectivity index (χ1n) is 10.0. The number of fused-ring (bicyclic) bond motifs is 1. The summed E-state index contributed by atoms with van der Waals surface area (Å²) in [5, 5.41) is 8.51. The van der Waals surface area contributed by atoms with Crippen LogP contribution in [0.5, 0.6) is 0 Å². The average molecular weight is 564 g/mol. The summed E-state index contributed by atoms with van der Waals surface area (Å²) in [6.45, 7) is 0. The third kappa shape index (κ3) is 4.26. The molecule has 1 N–H and O–H groups in total. The van der Waals surface area contributed by atoms with Crippen LogP contribution >= 0.6 is 34.5 Å². The molecule has 0 aliphatic carbocycles. The van der Waals surface area contributed by atoms with Crippen LogP contribution in [0.15, 0.2) is 41.0 Å². The molecule has 2 aromatic heterocycles. The van der Waals surface area contributed by atoms with Crippen LogP contribution in [0.4, 0.5) is 13.2 Å². The zero-order chi connectivity index (χ0) is 25.2. The van der Waals surface area contributed by atoms with Crippen molar-refractivity contribution in [2.75, 3.05) is 11.5 Å². The Kier molecular flexibility index (Phi) is 5.78. The average Bonchev–Trinajstić information content (AvgIpc) is 3.39. The van der Waals surface area contributed by atoms with Crippen LogP contribution in [0.2, 0.25) is 10.0 Å². The van der Waals surface area contributed by atoms with Gasteiger partial charge in [-0.15, -0.1) is 11.3 Å². The quantitative estimate of drug-likeness (QED) is 0.495. The number of thiophene rings is 1. The van der Waals surface area contributed by atoms with Crippen molar-refractivity contribution in [3.8, 4) is 0 Å². The number of benzene rings is 1. The fourth-order valence-corrected chi connectivity index (χ4v) is 6.81. The lowest BCUT2D eigenvalue weighted by atomic mass is 9.87. The smallest absolute Gasteiger partial charge is 0.374 e. The van der Waals surface area contributed by atoms with Gasteiger partial charge in [0.1, 0.15) is 5.71 Å². The molecule has 35 heavy (non-hydrogen) atoms. The predicted octanol–water partition coefficient (Wildman–Crippen LogP) is 4.71. The summed E-state index contributed by atoms with van der Waals surface area (Å²) in [5.41, 5.74) is -2.84. The van der Waals surface area contributed by atoms with E-state index in [0.717, 1.165) is 12.1 Å². The number of nitrogens with zero attached hydrogens (tertiary/aromatic N) is 2. The number of halogens is 5. The predicted molar refractivity (Wildman–Crippen MR) is 126 cm³/mol. The summed E-state index contributed by atoms with van der Waals surface area (Å²) in [4.78, 5) is 22.0. The standard InChI is InChI=1S/C21H14Cl2F3N3O4S2/c22-11-3-10(4-12(23)5-11)20(21(24,25)26)6-16(29-33-20)17-14-1-2-34-18(14)15(7-27-17)19(30)28-13-8-35(31,32)9-13/h1-5,7,13H,6,8-9H2,(H,28,30). The monoisotopic (exact) mass is 563 g/mol. The van der Waals surface area contributed by atoms with Gasteiger partial charge in [0, 0.05) is 27.2 Å². The second kappa shape index (κ2) is 8.32. The molecule has 1 saturated heterocycles. The number of alkyl halides is 3. The van der Waals surface area contributed by atoms with E-state index in [9.17, 15) is 26.4 Å². The minimum atomic E-state index is -4.86. The van der Waals surface area contributed by atoms with E-state index in [1.165, 1.54) is 23.6 Å². The van der Waals surface area contributed by atoms with E-state index in [1.807, 2.05) is 0 Å². The SMILES string of the molecule is O=C(NC1CS(=O)(=O)C1)c1cnc(C2=NOC(c3cc(Cl)cc(Cl)c3)(C(F)(F)F)C2)c2ccsc12. The second-order valence-electron chi connectivity index (χ2n) is 8.22. The van der Waals surface area contributed by atoms with Crippen LogP contribution < -0.4 is 5.32 Å². The molecule has 0 saturated carbocycles. The normalized spacial score (nSPS) is 21.9. The van der Waals surface area contributed by atoms with E-state index in [1.54, 1.807) is 11.4 Å². The molecule has 1 unspecified atom stereocenters. The van der Waals surface area contributed by atoms with Gasteiger partial charge in [0.05, 0.1) is 39.9 Å². The number of carbonyl (C=O) groups excluding carboxylic acids is 1. The Morgan fingerprint density at radius 3 is 2.51 bits per heavy atom. The molecular weight excluding hydrogens is 550 g/mol. The minimum Gasteiger partial charge on any atom is -0.374 e. The molecule has 0 radical (unpaired) electrons. The molecular formula is C21H14Cl2F3N3O4S2. The number of sulfone groups is 1. The summed E-state index contributed by atoms with van der Waals surface area (Å²) in [6, 6.07) is 4.69. The van der Waals surface area contributed by atoms with Crippen LogP contribution in [0.1, 0.15) is 28.0 Å². The van der Waals surface area contributed by atoms with Crippen molar-refractivity contribution in [3.63, 3.8) is 0 Å². The number of nitrogens with one attached hydrogen (secondary N) is 1. The highest BCUT2D eigenvalue weighted by molar-refractivity contribution is 7.92. The van der Waals surface area contributed by atoms with Crippen molar-refractivity contribution in [2.45, 2.75) is 24.2 Å². The Labute approximate surface area is 210 Å². The van der Waals surface area contributed by atoms with Crippen molar-refractivity contribution in [1.29, 1.82) is 0 Å². The minimum absolute atomic E-state index is 0.0150. The molecule has 2 aliphatic rings. The molecule has 2 aliphatic heterocycles. The first-order chi connectivity index (χ1) is 16.4. The van der Waals surface area contributed by atoms with Crippen molar-refractivity contribution in [2.24, 2.45) is 5.16 Å². The van der Waals surface area contributed by atoms with E-state index in [2.05, 4.69) is 15.5 Å². The molecule has 5 rings (SSSR count). The molecule has 0 bridgehead atoms. The third-order valence-corrected chi connectivity index (χ3v) is 8.97. The van der Waals surface area contributed by atoms with Crippen LogP contribution in [-0.2, 0) is 20.3 Å². The lowest BCUT2D eigenvalue weighted by Gasteiger charge is -2.29. The summed E-state index contributed by atoms with van der Waals surface area (Å²) in [6.07, 6.45) is -4.30. The van der Waals surface area contributed by atoms with Crippen molar-refractivity contribution < 1.29 is 31.2 Å². The molecule has 3 aromatic rings. The largest absolute Gasteiger partial charge is 0.435 e. The van der Waals surface area contributed by atoms with Gasteiger partial charge < -0.3 is 10.2 Å². The zero-order valence-corrected chi connectivity index (χ0v) is 20.5. The lowest BCUT2D eigenvalue weighted by Crippen LogP contribution is -2.52. The van der Waals surface area contributed by atoms with Crippen molar-refractivity contribution >= 4 is 66.1 Å². The molecule has 0 spiro atoms. The second-order valence-corrected chi connectivity index (χ2v) is 12.2. The van der Waals surface area contributed by atoms with Crippen molar-refractivity contribution in [1.82, 2.24) is 10.3 Å². The van der Waals surface area contributed by atoms with E-state index in [0.29, 0.717) is 10.1 Å². The van der Waals surface area contributed by atoms with Gasteiger partial charge in [-0.3, -0.25) is 9.78 Å². The molecule has 1 atom stereocenters. The maximum absolute atomic E-state index is 14.3. The first kappa shape index (κ1) is 24.3. The molecule has 7 nitrogen and oxygen atoms in total. The number of aromatic nitrogens is 1. The van der Waals surface area contributed by atoms with Gasteiger partial charge in [-0.05, 0) is 29.6 Å². The number of oxime groups is 1. The Morgan fingerprint density at radius 2 is 1.89 bits per heavy atom. The fraction of sp³-hybridized carbons (Fsp3) is 0.286. The highest BCUT2D eigenvalue weighted by Crippen LogP contribution is 2.50. The highest BCUT2D eigenvalue weighted by atomic mass is 35.5. The van der Waals surface area contributed by atoms with E-state index >= 15 is 0 Å². The highest BCUT2D eigenvalue weighted by Gasteiger charge is 2.62. The molecule has 1 fully saturated rings. The van der Waals surface area contributed by atoms with Gasteiger partial charge >= 0.3 is 6.18 Å². The maximum Gasteiger partial charge on any atom is 0.435 e. The van der Waals surface area contributed by atoms with Crippen molar-refractivity contribution in [3.05, 3.63) is 62.7 Å². The van der Waals surface area contributed by atoms with Gasteiger partial charge in [-0.25, -0.2) is 8.42 Å². The maximum atomic E-state index is 14.3. The summed E-state index contributed by atoms with van der Waals surface area (Å²) >= 11 is 13.1. The van der Waals surface area contributed by atoms with E-state index < -0.39 is 40.0 Å². The Hall–Kier alpha value is -2.41. The van der Waals surface area contributed by atoms with Gasteiger partial charge in [-0.2, -0.15) is 13.2 Å². The van der Waals surface area contributed by atoms with Crippen LogP contribution in [0.25, 0.3) is 10.1 Å². The Bertz CT molecular complexity index is 1470. The zero-order valence-electron chi connectivity index (χ0n) is 17.4. The molecule has 14 heteroatoms. The third-order valence-electron chi connectivity index (χ3n) is 5.77. The lowest BCUT2D eigenvalue weighted by molar-refractivity contribution is -0.275. The Morgan fingerprint density at radius 1 is 1.20 bits per heavy atom. The van der Waals surface area contributed by atoms with Crippen LogP contribution in [0.3, 0.4) is 0 Å². The molecule has 1 amide bonds. The molecule has 1 aromatic carbocycles. The Balaban J connectivity index is 1.48. The van der Waals surface area contributed by atoms with Gasteiger partial charge in [0.2, 0.25) is 0 Å². The molecule has 184 valence electrons. The van der Waals surface area contributed by atoms with Crippen LogP contribution in [0, 0.1) is 0 Å². The summed E-state index contributed by atoms with van der Waals surface area (Å²) < 4.78 is 66.1. The number of hydrogen-bond acceptors (Lipinski definition) is 7. The number of carbonyl (C=O) groups is 1. The molecule has 4 heterocycles. The van der Waals surface area contributed by atoms with E-state index in [4.69, 9.17) is 28.0 Å². The first-order valence-corrected chi connectivity index (χ1v) is 13.5. The van der Waals surface area contributed by atoms with Gasteiger partial charge in [-0.1, -0.05) is 28.4 Å². The summed E-state index contributed by atoms with van der Waals surface area (Å²) in [7, 11) is -3.13. The van der Waals surface area contributed by atoms with Gasteiger partial charge in [0.15, 0.2) is 9.84 Å².